The maximum atomic E-state index is 12.3. The maximum absolute atomic E-state index is 12.3. The Morgan fingerprint density at radius 2 is 1.50 bits per heavy atom. The van der Waals surface area contributed by atoms with Crippen LogP contribution in [-0.4, -0.2) is 12.0 Å². The van der Waals surface area contributed by atoms with Crippen molar-refractivity contribution in [1.29, 1.82) is 0 Å². The van der Waals surface area contributed by atoms with Crippen LogP contribution in [0.3, 0.4) is 0 Å². The number of aryl methyl sites for hydroxylation is 3. The molecule has 0 N–H and O–H groups in total. The van der Waals surface area contributed by atoms with Crippen LogP contribution in [0.25, 0.3) is 0 Å². The molecule has 1 nitrogen and oxygen atoms in total. The largest absolute Gasteiger partial charge is 0.389 e. The lowest BCUT2D eigenvalue weighted by Crippen LogP contribution is -2.14. The van der Waals surface area contributed by atoms with E-state index in [2.05, 4.69) is 0 Å². The first kappa shape index (κ1) is 16.7. The first-order valence-electron chi connectivity index (χ1n) is 7.06. The summed E-state index contributed by atoms with van der Waals surface area (Å²) in [6.07, 6.45) is -3.61. The van der Waals surface area contributed by atoms with Gasteiger partial charge in [-0.15, -0.1) is 0 Å². The van der Waals surface area contributed by atoms with Gasteiger partial charge in [-0.05, 0) is 36.0 Å². The fraction of sp³-hybridized carbons (Fsp3) is 0.562. The number of Topliss-reactive ketones (excluding diaryl/α,β-unsaturated/α-hetero) is 1. The lowest BCUT2D eigenvalue weighted by atomic mass is 9.90. The number of hydrogen-bond donors (Lipinski definition) is 0. The Hall–Kier alpha value is -1.32. The van der Waals surface area contributed by atoms with E-state index in [1.54, 1.807) is 0 Å². The summed E-state index contributed by atoms with van der Waals surface area (Å²) in [6, 6.07) is 3.89. The van der Waals surface area contributed by atoms with Crippen LogP contribution in [0.5, 0.6) is 0 Å². The molecule has 0 aliphatic carbocycles. The number of hydrogen-bond acceptors (Lipinski definition) is 1. The minimum absolute atomic E-state index is 0.390. The first-order valence-corrected chi connectivity index (χ1v) is 7.06. The highest BCUT2D eigenvalue weighted by Gasteiger charge is 2.29. The minimum atomic E-state index is -4.28. The molecule has 0 aliphatic heterocycles. The molecule has 0 unspecified atom stereocenters. The number of rotatable bonds is 6. The Morgan fingerprint density at radius 3 is 1.85 bits per heavy atom. The van der Waals surface area contributed by atoms with Gasteiger partial charge < -0.3 is 0 Å². The van der Waals surface area contributed by atoms with Crippen LogP contribution in [0.1, 0.15) is 60.7 Å². The zero-order valence-corrected chi connectivity index (χ0v) is 12.2. The zero-order chi connectivity index (χ0) is 15.3. The van der Waals surface area contributed by atoms with Gasteiger partial charge in [0.25, 0.3) is 0 Å². The summed E-state index contributed by atoms with van der Waals surface area (Å²) >= 11 is 0. The SMILES string of the molecule is CCc1cc(CC)c(C(=O)CCC(F)(F)F)c(CC)c1. The Bertz CT molecular complexity index is 450. The number of halogens is 3. The quantitative estimate of drug-likeness (QED) is 0.680. The van der Waals surface area contributed by atoms with Crippen molar-refractivity contribution in [2.45, 2.75) is 59.1 Å². The molecule has 0 heterocycles. The van der Waals surface area contributed by atoms with E-state index in [4.69, 9.17) is 0 Å². The van der Waals surface area contributed by atoms with Gasteiger partial charge in [-0.2, -0.15) is 13.2 Å². The van der Waals surface area contributed by atoms with Gasteiger partial charge in [0.2, 0.25) is 0 Å². The average Bonchev–Trinajstić information content (AvgIpc) is 2.42. The Morgan fingerprint density at radius 1 is 1.00 bits per heavy atom. The Labute approximate surface area is 118 Å². The third-order valence-corrected chi connectivity index (χ3v) is 3.45. The van der Waals surface area contributed by atoms with E-state index < -0.39 is 24.8 Å². The molecular weight excluding hydrogens is 265 g/mol. The van der Waals surface area contributed by atoms with Crippen LogP contribution in [0, 0.1) is 0 Å². The van der Waals surface area contributed by atoms with Crippen molar-refractivity contribution in [1.82, 2.24) is 0 Å². The second-order valence-electron chi connectivity index (χ2n) is 4.89. The second-order valence-corrected chi connectivity index (χ2v) is 4.89. The van der Waals surface area contributed by atoms with Crippen LogP contribution < -0.4 is 0 Å². The van der Waals surface area contributed by atoms with Crippen molar-refractivity contribution < 1.29 is 18.0 Å². The lowest BCUT2D eigenvalue weighted by molar-refractivity contribution is -0.133. The van der Waals surface area contributed by atoms with Crippen LogP contribution in [0.4, 0.5) is 13.2 Å². The molecular formula is C16H21F3O. The average molecular weight is 286 g/mol. The van der Waals surface area contributed by atoms with Crippen molar-refractivity contribution in [3.8, 4) is 0 Å². The maximum Gasteiger partial charge on any atom is 0.389 e. The molecule has 4 heteroatoms. The number of benzene rings is 1. The van der Waals surface area contributed by atoms with Gasteiger partial charge in [0.05, 0.1) is 6.42 Å². The molecule has 0 bridgehead atoms. The van der Waals surface area contributed by atoms with Crippen molar-refractivity contribution in [3.05, 3.63) is 34.4 Å². The molecule has 1 aromatic rings. The van der Waals surface area contributed by atoms with Gasteiger partial charge in [-0.1, -0.05) is 32.9 Å². The molecule has 0 saturated carbocycles. The van der Waals surface area contributed by atoms with E-state index in [0.29, 0.717) is 18.4 Å². The Kier molecular flexibility index (Phi) is 5.78. The molecule has 0 aliphatic rings. The molecule has 1 rings (SSSR count). The zero-order valence-electron chi connectivity index (χ0n) is 12.2. The fourth-order valence-corrected chi connectivity index (χ4v) is 2.34. The van der Waals surface area contributed by atoms with Gasteiger partial charge in [-0.25, -0.2) is 0 Å². The number of ketones is 1. The van der Waals surface area contributed by atoms with Crippen molar-refractivity contribution >= 4 is 5.78 Å². The molecule has 0 radical (unpaired) electrons. The highest BCUT2D eigenvalue weighted by Crippen LogP contribution is 2.26. The fourth-order valence-electron chi connectivity index (χ4n) is 2.34. The topological polar surface area (TPSA) is 17.1 Å². The molecule has 0 atom stereocenters. The molecule has 0 fully saturated rings. The van der Waals surface area contributed by atoms with Crippen LogP contribution in [0.15, 0.2) is 12.1 Å². The number of carbonyl (C=O) groups is 1. The lowest BCUT2D eigenvalue weighted by Gasteiger charge is -2.15. The first-order chi connectivity index (χ1) is 9.32. The van der Waals surface area contributed by atoms with Gasteiger partial charge in [0.15, 0.2) is 5.78 Å². The number of alkyl halides is 3. The van der Waals surface area contributed by atoms with Crippen molar-refractivity contribution in [3.63, 3.8) is 0 Å². The summed E-state index contributed by atoms with van der Waals surface area (Å²) < 4.78 is 36.8. The standard InChI is InChI=1S/C16H21F3O/c1-4-11-9-12(5-2)15(13(6-3)10-11)14(20)7-8-16(17,18)19/h9-10H,4-8H2,1-3H3. The van der Waals surface area contributed by atoms with E-state index in [1.807, 2.05) is 32.9 Å². The van der Waals surface area contributed by atoms with E-state index in [-0.39, 0.29) is 0 Å². The van der Waals surface area contributed by atoms with E-state index in [0.717, 1.165) is 23.1 Å². The van der Waals surface area contributed by atoms with Crippen LogP contribution >= 0.6 is 0 Å². The molecule has 0 saturated heterocycles. The van der Waals surface area contributed by atoms with E-state index in [1.165, 1.54) is 0 Å². The van der Waals surface area contributed by atoms with E-state index in [9.17, 15) is 18.0 Å². The summed E-state index contributed by atoms with van der Waals surface area (Å²) in [6.45, 7) is 5.88. The molecule has 112 valence electrons. The van der Waals surface area contributed by atoms with Crippen LogP contribution in [0.2, 0.25) is 0 Å². The summed E-state index contributed by atoms with van der Waals surface area (Å²) in [5.74, 6) is -0.390. The Balaban J connectivity index is 3.11. The second kappa shape index (κ2) is 6.91. The smallest absolute Gasteiger partial charge is 0.294 e. The predicted molar refractivity (Wildman–Crippen MR) is 74.2 cm³/mol. The molecule has 0 amide bonds. The predicted octanol–water partition coefficient (Wildman–Crippen LogP) is 4.90. The third-order valence-electron chi connectivity index (χ3n) is 3.45. The normalized spacial score (nSPS) is 11.7. The van der Waals surface area contributed by atoms with Crippen molar-refractivity contribution in [2.24, 2.45) is 0 Å². The van der Waals surface area contributed by atoms with Gasteiger partial charge in [-0.3, -0.25) is 4.79 Å². The summed E-state index contributed by atoms with van der Waals surface area (Å²) in [7, 11) is 0. The summed E-state index contributed by atoms with van der Waals surface area (Å²) in [4.78, 5) is 12.2. The minimum Gasteiger partial charge on any atom is -0.294 e. The molecule has 20 heavy (non-hydrogen) atoms. The van der Waals surface area contributed by atoms with Gasteiger partial charge in [0.1, 0.15) is 0 Å². The monoisotopic (exact) mass is 286 g/mol. The van der Waals surface area contributed by atoms with Crippen molar-refractivity contribution in [2.75, 3.05) is 0 Å². The third kappa shape index (κ3) is 4.36. The van der Waals surface area contributed by atoms with Gasteiger partial charge >= 0.3 is 6.18 Å². The van der Waals surface area contributed by atoms with Gasteiger partial charge in [0, 0.05) is 12.0 Å². The number of carbonyl (C=O) groups excluding carboxylic acids is 1. The summed E-state index contributed by atoms with van der Waals surface area (Å²) in [5, 5.41) is 0. The molecule has 0 aromatic heterocycles. The molecule has 0 spiro atoms. The highest BCUT2D eigenvalue weighted by molar-refractivity contribution is 5.99. The van der Waals surface area contributed by atoms with E-state index >= 15 is 0 Å². The highest BCUT2D eigenvalue weighted by atomic mass is 19.4. The molecule has 1 aromatic carbocycles. The summed E-state index contributed by atoms with van der Waals surface area (Å²) in [5.41, 5.74) is 3.38. The van der Waals surface area contributed by atoms with Crippen LogP contribution in [-0.2, 0) is 19.3 Å².